The average molecular weight is 247 g/mol. The summed E-state index contributed by atoms with van der Waals surface area (Å²) in [6.45, 7) is 0. The van der Waals surface area contributed by atoms with Gasteiger partial charge in [0.05, 0.1) is 0 Å². The van der Waals surface area contributed by atoms with E-state index >= 15 is 0 Å². The van der Waals surface area contributed by atoms with Gasteiger partial charge in [0.15, 0.2) is 5.11 Å². The van der Waals surface area contributed by atoms with Crippen LogP contribution in [0, 0.1) is 0 Å². The number of thiocarbonyl (C=S) groups is 1. The molecule has 2 rings (SSSR count). The van der Waals surface area contributed by atoms with Gasteiger partial charge in [0.2, 0.25) is 0 Å². The normalized spacial score (nSPS) is 16.9. The topological polar surface area (TPSA) is 44.4 Å². The minimum atomic E-state index is -0.188. The lowest BCUT2D eigenvalue weighted by Gasteiger charge is -2.11. The van der Waals surface area contributed by atoms with Crippen LogP contribution < -0.4 is 15.5 Å². The summed E-state index contributed by atoms with van der Waals surface area (Å²) in [5.74, 6) is -0.188. The minimum Gasteiger partial charge on any atom is -0.378 e. The maximum Gasteiger partial charge on any atom is 0.273 e. The first-order valence-electron chi connectivity index (χ1n) is 5.17. The molecule has 0 aromatic heterocycles. The van der Waals surface area contributed by atoms with Gasteiger partial charge in [-0.05, 0) is 36.0 Å². The van der Waals surface area contributed by atoms with Gasteiger partial charge < -0.3 is 10.2 Å². The van der Waals surface area contributed by atoms with Crippen LogP contribution in [0.15, 0.2) is 30.0 Å². The number of carbonyl (C=O) groups excluding carboxylic acids is 1. The molecule has 2 N–H and O–H groups in total. The summed E-state index contributed by atoms with van der Waals surface area (Å²) >= 11 is 4.85. The van der Waals surface area contributed by atoms with E-state index in [0.717, 1.165) is 11.3 Å². The summed E-state index contributed by atoms with van der Waals surface area (Å²) in [5.41, 5.74) is 2.55. The fourth-order valence-electron chi connectivity index (χ4n) is 1.52. The molecule has 0 spiro atoms. The summed E-state index contributed by atoms with van der Waals surface area (Å²) in [6, 6.07) is 7.91. The monoisotopic (exact) mass is 247 g/mol. The molecule has 0 radical (unpaired) electrons. The zero-order valence-corrected chi connectivity index (χ0v) is 10.5. The molecule has 0 atom stereocenters. The van der Waals surface area contributed by atoms with Crippen LogP contribution in [0.25, 0.3) is 6.08 Å². The zero-order valence-electron chi connectivity index (χ0n) is 9.65. The average Bonchev–Trinajstić information content (AvgIpc) is 2.58. The Bertz CT molecular complexity index is 491. The lowest BCUT2D eigenvalue weighted by atomic mass is 10.1. The minimum absolute atomic E-state index is 0.188. The van der Waals surface area contributed by atoms with Crippen molar-refractivity contribution in [2.45, 2.75) is 0 Å². The highest BCUT2D eigenvalue weighted by Crippen LogP contribution is 2.14. The van der Waals surface area contributed by atoms with E-state index in [4.69, 9.17) is 12.2 Å². The van der Waals surface area contributed by atoms with Crippen LogP contribution in [0.1, 0.15) is 5.56 Å². The highest BCUT2D eigenvalue weighted by atomic mass is 32.1. The Kier molecular flexibility index (Phi) is 3.10. The van der Waals surface area contributed by atoms with Crippen molar-refractivity contribution in [3.63, 3.8) is 0 Å². The third-order valence-electron chi connectivity index (χ3n) is 2.44. The molecule has 1 amide bonds. The Labute approximate surface area is 105 Å². The Balaban J connectivity index is 2.21. The molecule has 0 unspecified atom stereocenters. The molecule has 1 saturated heterocycles. The lowest BCUT2D eigenvalue weighted by Crippen LogP contribution is -2.21. The second-order valence-corrected chi connectivity index (χ2v) is 4.36. The molecule has 1 aromatic rings. The summed E-state index contributed by atoms with van der Waals surface area (Å²) in [6.07, 6.45) is 1.77. The van der Waals surface area contributed by atoms with Crippen LogP contribution in [0.2, 0.25) is 0 Å². The van der Waals surface area contributed by atoms with Crippen molar-refractivity contribution in [3.05, 3.63) is 35.5 Å². The molecule has 5 heteroatoms. The van der Waals surface area contributed by atoms with E-state index in [1.165, 1.54) is 0 Å². The number of benzene rings is 1. The van der Waals surface area contributed by atoms with Crippen molar-refractivity contribution in [1.82, 2.24) is 10.6 Å². The molecular formula is C12H13N3OS. The van der Waals surface area contributed by atoms with Crippen molar-refractivity contribution < 1.29 is 4.79 Å². The van der Waals surface area contributed by atoms with Crippen LogP contribution in [0.5, 0.6) is 0 Å². The molecular weight excluding hydrogens is 234 g/mol. The maximum absolute atomic E-state index is 11.4. The molecule has 1 aromatic carbocycles. The van der Waals surface area contributed by atoms with Gasteiger partial charge in [0.25, 0.3) is 5.91 Å². The van der Waals surface area contributed by atoms with Gasteiger partial charge in [-0.25, -0.2) is 0 Å². The number of anilines is 1. The molecule has 1 fully saturated rings. The van der Waals surface area contributed by atoms with E-state index in [9.17, 15) is 4.79 Å². The second kappa shape index (κ2) is 4.55. The van der Waals surface area contributed by atoms with Crippen LogP contribution in [0.4, 0.5) is 5.69 Å². The maximum atomic E-state index is 11.4. The van der Waals surface area contributed by atoms with Crippen LogP contribution in [0.3, 0.4) is 0 Å². The van der Waals surface area contributed by atoms with E-state index in [1.54, 1.807) is 6.08 Å². The van der Waals surface area contributed by atoms with Gasteiger partial charge in [0, 0.05) is 19.8 Å². The Morgan fingerprint density at radius 1 is 1.18 bits per heavy atom. The molecule has 0 bridgehead atoms. The van der Waals surface area contributed by atoms with Crippen LogP contribution in [-0.2, 0) is 4.79 Å². The Morgan fingerprint density at radius 2 is 1.82 bits per heavy atom. The third-order valence-corrected chi connectivity index (χ3v) is 2.64. The van der Waals surface area contributed by atoms with Gasteiger partial charge in [-0.3, -0.25) is 10.1 Å². The van der Waals surface area contributed by atoms with E-state index in [1.807, 2.05) is 43.3 Å². The number of rotatable bonds is 2. The van der Waals surface area contributed by atoms with Crippen molar-refractivity contribution >= 4 is 35.0 Å². The van der Waals surface area contributed by atoms with E-state index < -0.39 is 0 Å². The first kappa shape index (κ1) is 11.6. The quantitative estimate of drug-likeness (QED) is 0.607. The molecule has 1 aliphatic heterocycles. The van der Waals surface area contributed by atoms with Gasteiger partial charge >= 0.3 is 0 Å². The van der Waals surface area contributed by atoms with Gasteiger partial charge in [-0.15, -0.1) is 0 Å². The predicted molar refractivity (Wildman–Crippen MR) is 72.6 cm³/mol. The molecule has 1 aliphatic rings. The van der Waals surface area contributed by atoms with Crippen molar-refractivity contribution in [2.75, 3.05) is 19.0 Å². The molecule has 0 aliphatic carbocycles. The number of amides is 1. The highest BCUT2D eigenvalue weighted by Gasteiger charge is 2.19. The summed E-state index contributed by atoms with van der Waals surface area (Å²) in [4.78, 5) is 13.4. The largest absolute Gasteiger partial charge is 0.378 e. The predicted octanol–water partition coefficient (Wildman–Crippen LogP) is 1.10. The number of hydrogen-bond donors (Lipinski definition) is 2. The summed E-state index contributed by atoms with van der Waals surface area (Å²) in [5, 5.41) is 5.69. The second-order valence-electron chi connectivity index (χ2n) is 3.95. The van der Waals surface area contributed by atoms with E-state index in [-0.39, 0.29) is 5.91 Å². The first-order chi connectivity index (χ1) is 8.06. The van der Waals surface area contributed by atoms with Gasteiger partial charge in [-0.1, -0.05) is 12.1 Å². The SMILES string of the molecule is CN(C)c1ccc(C=C2NC(=S)NC2=O)cc1. The highest BCUT2D eigenvalue weighted by molar-refractivity contribution is 7.80. The van der Waals surface area contributed by atoms with Crippen molar-refractivity contribution in [1.29, 1.82) is 0 Å². The smallest absolute Gasteiger partial charge is 0.273 e. The van der Waals surface area contributed by atoms with Gasteiger partial charge in [0.1, 0.15) is 5.70 Å². The zero-order chi connectivity index (χ0) is 12.4. The number of nitrogens with one attached hydrogen (secondary N) is 2. The van der Waals surface area contributed by atoms with E-state index in [0.29, 0.717) is 10.8 Å². The van der Waals surface area contributed by atoms with Crippen LogP contribution in [-0.4, -0.2) is 25.1 Å². The Morgan fingerprint density at radius 3 is 2.29 bits per heavy atom. The number of hydrogen-bond acceptors (Lipinski definition) is 3. The van der Waals surface area contributed by atoms with Crippen molar-refractivity contribution in [3.8, 4) is 0 Å². The Hall–Kier alpha value is -1.88. The standard InChI is InChI=1S/C12H13N3OS/c1-15(2)9-5-3-8(4-6-9)7-10-11(16)14-12(17)13-10/h3-7H,1-2H3,(H2,13,14,16,17). The van der Waals surface area contributed by atoms with E-state index in [2.05, 4.69) is 10.6 Å². The van der Waals surface area contributed by atoms with Gasteiger partial charge in [-0.2, -0.15) is 0 Å². The summed E-state index contributed by atoms with van der Waals surface area (Å²) in [7, 11) is 3.97. The fraction of sp³-hybridized carbons (Fsp3) is 0.167. The molecule has 17 heavy (non-hydrogen) atoms. The molecule has 88 valence electrons. The molecule has 0 saturated carbocycles. The lowest BCUT2D eigenvalue weighted by molar-refractivity contribution is -0.115. The fourth-order valence-corrected chi connectivity index (χ4v) is 1.72. The van der Waals surface area contributed by atoms with Crippen molar-refractivity contribution in [2.24, 2.45) is 0 Å². The third kappa shape index (κ3) is 2.62. The molecule has 1 heterocycles. The first-order valence-corrected chi connectivity index (χ1v) is 5.58. The summed E-state index contributed by atoms with van der Waals surface area (Å²) < 4.78 is 0. The number of nitrogens with zero attached hydrogens (tertiary/aromatic N) is 1. The number of carbonyl (C=O) groups is 1. The van der Waals surface area contributed by atoms with Crippen LogP contribution >= 0.6 is 12.2 Å². The molecule has 4 nitrogen and oxygen atoms in total.